The number of hydrogen-bond donors (Lipinski definition) is 2. The fraction of sp³-hybridized carbons (Fsp3) is 0.375. The maximum Gasteiger partial charge on any atom is 0.258 e. The maximum absolute atomic E-state index is 11.9. The number of rotatable bonds is 5. The van der Waals surface area contributed by atoms with E-state index in [2.05, 4.69) is 10.3 Å². The van der Waals surface area contributed by atoms with Crippen LogP contribution in [-0.4, -0.2) is 23.0 Å². The number of anilines is 1. The van der Waals surface area contributed by atoms with Crippen LogP contribution in [0.4, 0.5) is 5.69 Å². The first-order chi connectivity index (χ1) is 9.93. The van der Waals surface area contributed by atoms with Crippen molar-refractivity contribution in [3.8, 4) is 5.75 Å². The summed E-state index contributed by atoms with van der Waals surface area (Å²) in [7, 11) is 0. The molecule has 1 heterocycles. The second-order valence-corrected chi connectivity index (χ2v) is 5.63. The topological polar surface area (TPSA) is 77.2 Å². The summed E-state index contributed by atoms with van der Waals surface area (Å²) in [6, 6.07) is 7.19. The van der Waals surface area contributed by atoms with E-state index in [0.29, 0.717) is 17.0 Å². The summed E-state index contributed by atoms with van der Waals surface area (Å²) in [5, 5.41) is 3.74. The van der Waals surface area contributed by atoms with Crippen LogP contribution in [0, 0.1) is 0 Å². The Morgan fingerprint density at radius 3 is 2.86 bits per heavy atom. The average molecular weight is 287 g/mol. The number of nitrogen functional groups attached to an aromatic ring is 1. The molecule has 0 saturated heterocycles. The summed E-state index contributed by atoms with van der Waals surface area (Å²) < 4.78 is 5.62. The van der Waals surface area contributed by atoms with Crippen molar-refractivity contribution in [2.75, 3.05) is 12.3 Å². The van der Waals surface area contributed by atoms with Gasteiger partial charge in [-0.2, -0.15) is 0 Å². The molecule has 1 aromatic carbocycles. The van der Waals surface area contributed by atoms with Gasteiger partial charge in [0.25, 0.3) is 5.91 Å². The van der Waals surface area contributed by atoms with E-state index in [9.17, 15) is 4.79 Å². The largest absolute Gasteiger partial charge is 0.483 e. The average Bonchev–Trinajstić information content (AvgIpc) is 2.46. The molecule has 0 radical (unpaired) electrons. The van der Waals surface area contributed by atoms with Crippen LogP contribution < -0.4 is 15.8 Å². The number of amides is 1. The van der Waals surface area contributed by atoms with Gasteiger partial charge in [0.2, 0.25) is 0 Å². The third kappa shape index (κ3) is 3.62. The molecule has 0 bridgehead atoms. The van der Waals surface area contributed by atoms with Gasteiger partial charge in [0.05, 0.1) is 11.2 Å². The van der Waals surface area contributed by atoms with Crippen LogP contribution in [0.1, 0.15) is 27.2 Å². The third-order valence-electron chi connectivity index (χ3n) is 3.48. The van der Waals surface area contributed by atoms with Gasteiger partial charge in [0.1, 0.15) is 5.75 Å². The maximum atomic E-state index is 11.9. The second kappa shape index (κ2) is 5.99. The van der Waals surface area contributed by atoms with Crippen molar-refractivity contribution in [2.45, 2.75) is 32.7 Å². The van der Waals surface area contributed by atoms with Crippen molar-refractivity contribution < 1.29 is 9.53 Å². The molecule has 112 valence electrons. The molecule has 1 amide bonds. The van der Waals surface area contributed by atoms with Gasteiger partial charge in [-0.1, -0.05) is 6.92 Å². The molecule has 5 nitrogen and oxygen atoms in total. The molecule has 2 aromatic rings. The standard InChI is InChI=1S/C16H21N3O2/c1-4-16(2,3)19-14(20)10-21-13-8-7-12(17)15-11(13)6-5-9-18-15/h5-9H,4,10,17H2,1-3H3,(H,19,20). The predicted octanol–water partition coefficient (Wildman–Crippen LogP) is 2.50. The molecule has 1 aromatic heterocycles. The molecule has 0 spiro atoms. The molecule has 0 fully saturated rings. The fourth-order valence-corrected chi connectivity index (χ4v) is 1.94. The van der Waals surface area contributed by atoms with Crippen molar-refractivity contribution in [2.24, 2.45) is 0 Å². The van der Waals surface area contributed by atoms with E-state index in [0.717, 1.165) is 11.8 Å². The first-order valence-corrected chi connectivity index (χ1v) is 7.00. The lowest BCUT2D eigenvalue weighted by atomic mass is 10.0. The summed E-state index contributed by atoms with van der Waals surface area (Å²) in [6.45, 7) is 5.96. The number of nitrogens with one attached hydrogen (secondary N) is 1. The minimum absolute atomic E-state index is 0.0304. The fourth-order valence-electron chi connectivity index (χ4n) is 1.94. The zero-order valence-corrected chi connectivity index (χ0v) is 12.6. The van der Waals surface area contributed by atoms with Crippen LogP contribution in [0.2, 0.25) is 0 Å². The number of carbonyl (C=O) groups is 1. The second-order valence-electron chi connectivity index (χ2n) is 5.63. The quantitative estimate of drug-likeness (QED) is 0.828. The monoisotopic (exact) mass is 287 g/mol. The molecule has 0 aliphatic rings. The smallest absolute Gasteiger partial charge is 0.258 e. The van der Waals surface area contributed by atoms with Crippen molar-refractivity contribution in [1.82, 2.24) is 10.3 Å². The third-order valence-corrected chi connectivity index (χ3v) is 3.48. The highest BCUT2D eigenvalue weighted by Crippen LogP contribution is 2.28. The Kier molecular flexibility index (Phi) is 4.31. The zero-order valence-electron chi connectivity index (χ0n) is 12.6. The van der Waals surface area contributed by atoms with Crippen molar-refractivity contribution >= 4 is 22.5 Å². The van der Waals surface area contributed by atoms with Crippen LogP contribution >= 0.6 is 0 Å². The summed E-state index contributed by atoms with van der Waals surface area (Å²) in [5.41, 5.74) is 6.93. The van der Waals surface area contributed by atoms with Crippen LogP contribution in [-0.2, 0) is 4.79 Å². The molecule has 0 aliphatic heterocycles. The Balaban J connectivity index is 2.11. The number of hydrogen-bond acceptors (Lipinski definition) is 4. The Morgan fingerprint density at radius 1 is 1.38 bits per heavy atom. The Bertz CT molecular complexity index is 653. The van der Waals surface area contributed by atoms with Gasteiger partial charge in [-0.05, 0) is 44.5 Å². The molecule has 0 saturated carbocycles. The molecule has 3 N–H and O–H groups in total. The SMILES string of the molecule is CCC(C)(C)NC(=O)COc1ccc(N)c2ncccc12. The van der Waals surface area contributed by atoms with Crippen LogP contribution in [0.5, 0.6) is 5.75 Å². The number of benzene rings is 1. The van der Waals surface area contributed by atoms with E-state index in [1.165, 1.54) is 0 Å². The molecule has 5 heteroatoms. The summed E-state index contributed by atoms with van der Waals surface area (Å²) in [4.78, 5) is 16.2. The number of nitrogens with zero attached hydrogens (tertiary/aromatic N) is 1. The van der Waals surface area contributed by atoms with E-state index in [1.807, 2.05) is 32.9 Å². The van der Waals surface area contributed by atoms with Crippen molar-refractivity contribution in [3.05, 3.63) is 30.5 Å². The van der Waals surface area contributed by atoms with E-state index in [-0.39, 0.29) is 18.1 Å². The molecule has 0 unspecified atom stereocenters. The first-order valence-electron chi connectivity index (χ1n) is 7.00. The molecular formula is C16H21N3O2. The molecule has 21 heavy (non-hydrogen) atoms. The Labute approximate surface area is 124 Å². The van der Waals surface area contributed by atoms with Gasteiger partial charge in [0.15, 0.2) is 6.61 Å². The Hall–Kier alpha value is -2.30. The summed E-state index contributed by atoms with van der Waals surface area (Å²) >= 11 is 0. The minimum Gasteiger partial charge on any atom is -0.483 e. The number of nitrogens with two attached hydrogens (primary N) is 1. The molecule has 0 aliphatic carbocycles. The number of aromatic nitrogens is 1. The highest BCUT2D eigenvalue weighted by molar-refractivity contribution is 5.94. The van der Waals surface area contributed by atoms with Crippen molar-refractivity contribution in [1.29, 1.82) is 0 Å². The highest BCUT2D eigenvalue weighted by Gasteiger charge is 2.18. The number of ether oxygens (including phenoxy) is 1. The molecular weight excluding hydrogens is 266 g/mol. The van der Waals surface area contributed by atoms with Crippen LogP contribution in [0.25, 0.3) is 10.9 Å². The van der Waals surface area contributed by atoms with Gasteiger partial charge < -0.3 is 15.8 Å². The number of carbonyl (C=O) groups excluding carboxylic acids is 1. The lowest BCUT2D eigenvalue weighted by Crippen LogP contribution is -2.44. The van der Waals surface area contributed by atoms with E-state index < -0.39 is 0 Å². The summed E-state index contributed by atoms with van der Waals surface area (Å²) in [5.74, 6) is 0.465. The highest BCUT2D eigenvalue weighted by atomic mass is 16.5. The van der Waals surface area contributed by atoms with E-state index in [1.54, 1.807) is 18.3 Å². The van der Waals surface area contributed by atoms with E-state index >= 15 is 0 Å². The van der Waals surface area contributed by atoms with Crippen LogP contribution in [0.3, 0.4) is 0 Å². The molecule has 0 atom stereocenters. The van der Waals surface area contributed by atoms with Gasteiger partial charge in [-0.3, -0.25) is 9.78 Å². The minimum atomic E-state index is -0.231. The first kappa shape index (κ1) is 15.1. The number of pyridine rings is 1. The van der Waals surface area contributed by atoms with Gasteiger partial charge in [-0.25, -0.2) is 0 Å². The molecule has 2 rings (SSSR count). The van der Waals surface area contributed by atoms with Crippen LogP contribution in [0.15, 0.2) is 30.5 Å². The number of fused-ring (bicyclic) bond motifs is 1. The Morgan fingerprint density at radius 2 is 2.14 bits per heavy atom. The summed E-state index contributed by atoms with van der Waals surface area (Å²) in [6.07, 6.45) is 2.53. The lowest BCUT2D eigenvalue weighted by molar-refractivity contribution is -0.124. The van der Waals surface area contributed by atoms with Gasteiger partial charge in [0, 0.05) is 17.1 Å². The zero-order chi connectivity index (χ0) is 15.5. The normalized spacial score (nSPS) is 11.4. The van der Waals surface area contributed by atoms with E-state index in [4.69, 9.17) is 10.5 Å². The predicted molar refractivity (Wildman–Crippen MR) is 84.2 cm³/mol. The van der Waals surface area contributed by atoms with Gasteiger partial charge >= 0.3 is 0 Å². The van der Waals surface area contributed by atoms with Crippen molar-refractivity contribution in [3.63, 3.8) is 0 Å². The van der Waals surface area contributed by atoms with Gasteiger partial charge in [-0.15, -0.1) is 0 Å². The lowest BCUT2D eigenvalue weighted by Gasteiger charge is -2.24.